The maximum Gasteiger partial charge on any atom is 0.263 e. The van der Waals surface area contributed by atoms with Gasteiger partial charge in [0.05, 0.1) is 17.4 Å². The molecule has 4 rings (SSSR count). The highest BCUT2D eigenvalue weighted by atomic mass is 19.1. The average Bonchev–Trinajstić information content (AvgIpc) is 3.03. The van der Waals surface area contributed by atoms with Crippen LogP contribution in [0.5, 0.6) is 0 Å². The Labute approximate surface area is 183 Å². The third-order valence-electron chi connectivity index (χ3n) is 5.53. The van der Waals surface area contributed by atoms with Crippen LogP contribution in [-0.2, 0) is 17.9 Å². The number of halogens is 2. The molecule has 0 fully saturated rings. The molecule has 0 saturated heterocycles. The first-order valence-electron chi connectivity index (χ1n) is 10.2. The molecule has 8 heteroatoms. The van der Waals surface area contributed by atoms with Gasteiger partial charge in [-0.1, -0.05) is 18.2 Å². The third-order valence-corrected chi connectivity index (χ3v) is 5.53. The van der Waals surface area contributed by atoms with E-state index >= 15 is 0 Å². The standard InChI is InChI=1S/C24H22F2N4O2/c1-15-16(2)30(20-5-3-4-19(26)12-20)23-22(15)24(32)29(14-28-23)11-10-21(31)27-13-17-6-8-18(25)9-7-17/h3-9,12,14H,10-11,13H2,1-2H3,(H,27,31). The molecule has 0 atom stereocenters. The molecule has 32 heavy (non-hydrogen) atoms. The first-order valence-corrected chi connectivity index (χ1v) is 10.2. The van der Waals surface area contributed by atoms with Crippen LogP contribution in [0.3, 0.4) is 0 Å². The Hall–Kier alpha value is -3.81. The number of hydrogen-bond donors (Lipinski definition) is 1. The Bertz CT molecular complexity index is 1360. The second-order valence-electron chi connectivity index (χ2n) is 7.62. The van der Waals surface area contributed by atoms with Crippen molar-refractivity contribution in [3.8, 4) is 5.69 Å². The van der Waals surface area contributed by atoms with E-state index in [2.05, 4.69) is 10.3 Å². The van der Waals surface area contributed by atoms with Crippen LogP contribution in [0.25, 0.3) is 16.7 Å². The fourth-order valence-corrected chi connectivity index (χ4v) is 3.69. The summed E-state index contributed by atoms with van der Waals surface area (Å²) in [6.07, 6.45) is 1.50. The molecule has 0 aliphatic rings. The second kappa shape index (κ2) is 8.74. The van der Waals surface area contributed by atoms with E-state index in [1.165, 1.54) is 35.2 Å². The average molecular weight is 436 g/mol. The number of aryl methyl sites for hydroxylation is 2. The first-order chi connectivity index (χ1) is 15.3. The number of hydrogen-bond acceptors (Lipinski definition) is 3. The van der Waals surface area contributed by atoms with Crippen LogP contribution in [0.4, 0.5) is 8.78 Å². The summed E-state index contributed by atoms with van der Waals surface area (Å²) in [6.45, 7) is 4.13. The Morgan fingerprint density at radius 2 is 1.81 bits per heavy atom. The highest BCUT2D eigenvalue weighted by Gasteiger charge is 2.18. The van der Waals surface area contributed by atoms with Gasteiger partial charge in [-0.2, -0.15) is 0 Å². The smallest absolute Gasteiger partial charge is 0.263 e. The van der Waals surface area contributed by atoms with E-state index in [0.29, 0.717) is 16.7 Å². The lowest BCUT2D eigenvalue weighted by atomic mass is 10.2. The van der Waals surface area contributed by atoms with Gasteiger partial charge in [0.25, 0.3) is 5.56 Å². The summed E-state index contributed by atoms with van der Waals surface area (Å²) < 4.78 is 29.9. The predicted octanol–water partition coefficient (Wildman–Crippen LogP) is 3.79. The van der Waals surface area contributed by atoms with E-state index in [1.807, 2.05) is 13.8 Å². The number of carbonyl (C=O) groups excluding carboxylic acids is 1. The largest absolute Gasteiger partial charge is 0.352 e. The van der Waals surface area contributed by atoms with E-state index in [9.17, 15) is 18.4 Å². The lowest BCUT2D eigenvalue weighted by Gasteiger charge is -2.09. The SMILES string of the molecule is Cc1c(C)n(-c2cccc(F)c2)c2ncn(CCC(=O)NCc3ccc(F)cc3)c(=O)c12. The van der Waals surface area contributed by atoms with Crippen molar-refractivity contribution in [2.75, 3.05) is 0 Å². The summed E-state index contributed by atoms with van der Waals surface area (Å²) in [5.41, 5.74) is 3.13. The maximum atomic E-state index is 13.7. The molecule has 4 aromatic rings. The molecule has 0 unspecified atom stereocenters. The fraction of sp³-hybridized carbons (Fsp3) is 0.208. The van der Waals surface area contributed by atoms with E-state index < -0.39 is 0 Å². The van der Waals surface area contributed by atoms with Crippen molar-refractivity contribution in [3.05, 3.63) is 93.7 Å². The van der Waals surface area contributed by atoms with Crippen molar-refractivity contribution in [2.24, 2.45) is 0 Å². The molecular weight excluding hydrogens is 414 g/mol. The highest BCUT2D eigenvalue weighted by Crippen LogP contribution is 2.25. The lowest BCUT2D eigenvalue weighted by Crippen LogP contribution is -2.27. The van der Waals surface area contributed by atoms with Crippen molar-refractivity contribution in [1.82, 2.24) is 19.4 Å². The molecule has 0 radical (unpaired) electrons. The van der Waals surface area contributed by atoms with Crippen molar-refractivity contribution in [3.63, 3.8) is 0 Å². The van der Waals surface area contributed by atoms with Crippen LogP contribution in [0.1, 0.15) is 23.2 Å². The topological polar surface area (TPSA) is 68.9 Å². The zero-order valence-corrected chi connectivity index (χ0v) is 17.7. The summed E-state index contributed by atoms with van der Waals surface area (Å²) in [4.78, 5) is 29.8. The van der Waals surface area contributed by atoms with Gasteiger partial charge in [0, 0.05) is 25.2 Å². The van der Waals surface area contributed by atoms with Crippen molar-refractivity contribution >= 4 is 16.9 Å². The van der Waals surface area contributed by atoms with Gasteiger partial charge < -0.3 is 5.32 Å². The minimum atomic E-state index is -0.374. The number of benzene rings is 2. The highest BCUT2D eigenvalue weighted by molar-refractivity contribution is 5.83. The summed E-state index contributed by atoms with van der Waals surface area (Å²) in [7, 11) is 0. The van der Waals surface area contributed by atoms with Crippen LogP contribution in [0, 0.1) is 25.5 Å². The van der Waals surface area contributed by atoms with Crippen LogP contribution in [-0.4, -0.2) is 20.0 Å². The van der Waals surface area contributed by atoms with E-state index in [-0.39, 0.29) is 42.6 Å². The van der Waals surface area contributed by atoms with Gasteiger partial charge in [-0.15, -0.1) is 0 Å². The quantitative estimate of drug-likeness (QED) is 0.500. The Morgan fingerprint density at radius 1 is 1.06 bits per heavy atom. The summed E-state index contributed by atoms with van der Waals surface area (Å²) in [6, 6.07) is 12.0. The van der Waals surface area contributed by atoms with Crippen LogP contribution in [0.2, 0.25) is 0 Å². The minimum absolute atomic E-state index is 0.0942. The van der Waals surface area contributed by atoms with Gasteiger partial charge in [0.1, 0.15) is 11.6 Å². The molecule has 1 amide bonds. The molecule has 1 N–H and O–H groups in total. The number of amides is 1. The van der Waals surface area contributed by atoms with E-state index in [0.717, 1.165) is 16.8 Å². The number of carbonyl (C=O) groups is 1. The summed E-state index contributed by atoms with van der Waals surface area (Å²) in [5.74, 6) is -0.938. The molecule has 2 aromatic carbocycles. The van der Waals surface area contributed by atoms with Crippen molar-refractivity contribution in [1.29, 1.82) is 0 Å². The van der Waals surface area contributed by atoms with Crippen molar-refractivity contribution in [2.45, 2.75) is 33.4 Å². The number of aromatic nitrogens is 3. The van der Waals surface area contributed by atoms with Gasteiger partial charge in [0.2, 0.25) is 5.91 Å². The Morgan fingerprint density at radius 3 is 2.53 bits per heavy atom. The minimum Gasteiger partial charge on any atom is -0.352 e. The van der Waals surface area contributed by atoms with Crippen molar-refractivity contribution < 1.29 is 13.6 Å². The van der Waals surface area contributed by atoms with Gasteiger partial charge in [-0.3, -0.25) is 18.7 Å². The Kier molecular flexibility index (Phi) is 5.85. The zero-order valence-electron chi connectivity index (χ0n) is 17.7. The lowest BCUT2D eigenvalue weighted by molar-refractivity contribution is -0.121. The summed E-state index contributed by atoms with van der Waals surface area (Å²) >= 11 is 0. The van der Waals surface area contributed by atoms with Gasteiger partial charge in [0.15, 0.2) is 5.65 Å². The van der Waals surface area contributed by atoms with E-state index in [1.54, 1.807) is 28.8 Å². The van der Waals surface area contributed by atoms with E-state index in [4.69, 9.17) is 0 Å². The molecule has 2 aromatic heterocycles. The monoisotopic (exact) mass is 436 g/mol. The van der Waals surface area contributed by atoms with Crippen LogP contribution < -0.4 is 10.9 Å². The molecule has 0 aliphatic carbocycles. The normalized spacial score (nSPS) is 11.1. The van der Waals surface area contributed by atoms with Gasteiger partial charge in [-0.25, -0.2) is 13.8 Å². The molecule has 0 bridgehead atoms. The molecule has 0 aliphatic heterocycles. The first kappa shape index (κ1) is 21.4. The predicted molar refractivity (Wildman–Crippen MR) is 118 cm³/mol. The second-order valence-corrected chi connectivity index (χ2v) is 7.62. The summed E-state index contributed by atoms with van der Waals surface area (Å²) in [5, 5.41) is 3.21. The van der Waals surface area contributed by atoms with Crippen LogP contribution >= 0.6 is 0 Å². The fourth-order valence-electron chi connectivity index (χ4n) is 3.69. The van der Waals surface area contributed by atoms with Crippen LogP contribution in [0.15, 0.2) is 59.7 Å². The molecule has 0 spiro atoms. The molecule has 2 heterocycles. The van der Waals surface area contributed by atoms with Gasteiger partial charge in [-0.05, 0) is 55.3 Å². The molecular formula is C24H22F2N4O2. The molecule has 164 valence electrons. The zero-order chi connectivity index (χ0) is 22.8. The maximum absolute atomic E-state index is 13.7. The number of rotatable bonds is 6. The Balaban J connectivity index is 1.54. The molecule has 0 saturated carbocycles. The number of fused-ring (bicyclic) bond motifs is 1. The number of nitrogens with one attached hydrogen (secondary N) is 1. The molecule has 6 nitrogen and oxygen atoms in total. The number of nitrogens with zero attached hydrogens (tertiary/aromatic N) is 3. The third kappa shape index (κ3) is 4.16. The van der Waals surface area contributed by atoms with Gasteiger partial charge >= 0.3 is 0 Å².